The summed E-state index contributed by atoms with van der Waals surface area (Å²) in [5.41, 5.74) is 2.60. The van der Waals surface area contributed by atoms with Gasteiger partial charge in [-0.05, 0) is 24.3 Å². The van der Waals surface area contributed by atoms with Crippen LogP contribution >= 0.6 is 11.6 Å². The molecule has 2 heterocycles. The molecule has 1 aromatic carbocycles. The summed E-state index contributed by atoms with van der Waals surface area (Å²) >= 11 is 5.92. The average molecular weight is 231 g/mol. The maximum absolute atomic E-state index is 5.92. The fourth-order valence-corrected chi connectivity index (χ4v) is 2.30. The monoisotopic (exact) mass is 230 g/mol. The average Bonchev–Trinajstić information content (AvgIpc) is 2.47. The molecule has 0 amide bonds. The van der Waals surface area contributed by atoms with Crippen LogP contribution < -0.4 is 4.74 Å². The summed E-state index contributed by atoms with van der Waals surface area (Å²) in [6.07, 6.45) is 4.28. The summed E-state index contributed by atoms with van der Waals surface area (Å²) in [4.78, 5) is 9.03. The molecule has 2 unspecified atom stereocenters. The molecule has 0 N–H and O–H groups in total. The van der Waals surface area contributed by atoms with Crippen LogP contribution in [-0.4, -0.2) is 16.1 Å². The minimum atomic E-state index is 0.141. The lowest BCUT2D eigenvalue weighted by Crippen LogP contribution is -2.21. The molecule has 3 nitrogen and oxygen atoms in total. The van der Waals surface area contributed by atoms with Crippen molar-refractivity contribution in [3.63, 3.8) is 0 Å². The smallest absolute Gasteiger partial charge is 0.237 e. The van der Waals surface area contributed by atoms with Crippen LogP contribution in [0, 0.1) is 0 Å². The minimum Gasteiger partial charge on any atom is -0.468 e. The number of hydrogen-bond donors (Lipinski definition) is 0. The standard InChI is InChI=1S/C12H7ClN2O/c13-6-1-3-8-9(5-6)15-12-11(14-8)7-2-4-10(7)16-12/h1-5,7,10H. The summed E-state index contributed by atoms with van der Waals surface area (Å²) in [5, 5.41) is 0.667. The van der Waals surface area contributed by atoms with Crippen molar-refractivity contribution in [2.75, 3.05) is 0 Å². The van der Waals surface area contributed by atoms with Crippen molar-refractivity contribution in [1.82, 2.24) is 9.97 Å². The number of benzene rings is 1. The van der Waals surface area contributed by atoms with Gasteiger partial charge in [-0.15, -0.1) is 0 Å². The number of aromatic nitrogens is 2. The zero-order valence-electron chi connectivity index (χ0n) is 8.22. The molecule has 4 heteroatoms. The van der Waals surface area contributed by atoms with Crippen LogP contribution in [0.25, 0.3) is 11.0 Å². The number of rotatable bonds is 0. The van der Waals surface area contributed by atoms with Crippen LogP contribution in [0.3, 0.4) is 0 Å². The first-order valence-corrected chi connectivity index (χ1v) is 5.51. The van der Waals surface area contributed by atoms with Gasteiger partial charge >= 0.3 is 0 Å². The molecule has 0 saturated heterocycles. The molecular weight excluding hydrogens is 224 g/mol. The van der Waals surface area contributed by atoms with Crippen LogP contribution in [0.5, 0.6) is 5.88 Å². The quantitative estimate of drug-likeness (QED) is 0.653. The van der Waals surface area contributed by atoms with Gasteiger partial charge in [0, 0.05) is 5.02 Å². The number of fused-ring (bicyclic) bond motifs is 4. The van der Waals surface area contributed by atoms with Gasteiger partial charge in [-0.25, -0.2) is 9.97 Å². The van der Waals surface area contributed by atoms with E-state index >= 15 is 0 Å². The summed E-state index contributed by atoms with van der Waals surface area (Å²) in [7, 11) is 0. The maximum Gasteiger partial charge on any atom is 0.237 e. The predicted octanol–water partition coefficient (Wildman–Crippen LogP) is 2.70. The molecule has 0 spiro atoms. The van der Waals surface area contributed by atoms with E-state index in [1.807, 2.05) is 18.2 Å². The second-order valence-electron chi connectivity index (χ2n) is 4.04. The lowest BCUT2D eigenvalue weighted by molar-refractivity contribution is 0.245. The van der Waals surface area contributed by atoms with E-state index in [1.54, 1.807) is 6.07 Å². The second-order valence-corrected chi connectivity index (χ2v) is 4.48. The van der Waals surface area contributed by atoms with Crippen molar-refractivity contribution in [1.29, 1.82) is 0 Å². The molecule has 1 aliphatic carbocycles. The van der Waals surface area contributed by atoms with Crippen molar-refractivity contribution < 1.29 is 4.74 Å². The van der Waals surface area contributed by atoms with Crippen LogP contribution in [0.15, 0.2) is 30.4 Å². The predicted molar refractivity (Wildman–Crippen MR) is 60.8 cm³/mol. The lowest BCUT2D eigenvalue weighted by atomic mass is 9.91. The lowest BCUT2D eigenvalue weighted by Gasteiger charge is -2.18. The van der Waals surface area contributed by atoms with E-state index in [0.29, 0.717) is 16.8 Å². The van der Waals surface area contributed by atoms with E-state index in [9.17, 15) is 0 Å². The zero-order valence-corrected chi connectivity index (χ0v) is 8.98. The van der Waals surface area contributed by atoms with E-state index in [2.05, 4.69) is 16.0 Å². The highest BCUT2D eigenvalue weighted by Gasteiger charge is 2.39. The van der Waals surface area contributed by atoms with E-state index in [-0.39, 0.29) is 6.10 Å². The Morgan fingerprint density at radius 1 is 1.12 bits per heavy atom. The van der Waals surface area contributed by atoms with E-state index < -0.39 is 0 Å². The number of nitrogens with zero attached hydrogens (tertiary/aromatic N) is 2. The molecule has 2 aliphatic rings. The summed E-state index contributed by atoms with van der Waals surface area (Å²) in [5.74, 6) is 0.942. The van der Waals surface area contributed by atoms with Crippen molar-refractivity contribution in [3.05, 3.63) is 41.1 Å². The highest BCUT2D eigenvalue weighted by molar-refractivity contribution is 6.31. The topological polar surface area (TPSA) is 35.0 Å². The molecular formula is C12H7ClN2O. The number of ether oxygens (including phenoxy) is 1. The molecule has 1 aliphatic heterocycles. The Labute approximate surface area is 96.7 Å². The van der Waals surface area contributed by atoms with Gasteiger partial charge in [-0.1, -0.05) is 17.7 Å². The normalized spacial score (nSPS) is 24.8. The van der Waals surface area contributed by atoms with Gasteiger partial charge in [-0.2, -0.15) is 0 Å². The first-order chi connectivity index (χ1) is 7.81. The van der Waals surface area contributed by atoms with Crippen LogP contribution in [0.2, 0.25) is 5.02 Å². The summed E-state index contributed by atoms with van der Waals surface area (Å²) < 4.78 is 5.65. The fourth-order valence-electron chi connectivity index (χ4n) is 2.13. The molecule has 1 aromatic heterocycles. The van der Waals surface area contributed by atoms with Gasteiger partial charge in [0.1, 0.15) is 11.8 Å². The van der Waals surface area contributed by atoms with Gasteiger partial charge in [0.15, 0.2) is 0 Å². The summed E-state index contributed by atoms with van der Waals surface area (Å²) in [6, 6.07) is 5.52. The Morgan fingerprint density at radius 3 is 2.88 bits per heavy atom. The van der Waals surface area contributed by atoms with Crippen LogP contribution in [0.1, 0.15) is 11.6 Å². The highest BCUT2D eigenvalue weighted by atomic mass is 35.5. The van der Waals surface area contributed by atoms with Crippen LogP contribution in [-0.2, 0) is 0 Å². The number of hydrogen-bond acceptors (Lipinski definition) is 3. The van der Waals surface area contributed by atoms with Crippen LogP contribution in [0.4, 0.5) is 0 Å². The Morgan fingerprint density at radius 2 is 2.06 bits per heavy atom. The Hall–Kier alpha value is -1.61. The maximum atomic E-state index is 5.92. The summed E-state index contributed by atoms with van der Waals surface area (Å²) in [6.45, 7) is 0. The van der Waals surface area contributed by atoms with Crippen molar-refractivity contribution in [2.24, 2.45) is 0 Å². The van der Waals surface area contributed by atoms with E-state index in [1.165, 1.54) is 0 Å². The van der Waals surface area contributed by atoms with E-state index in [0.717, 1.165) is 16.7 Å². The third-order valence-electron chi connectivity index (χ3n) is 3.05. The molecule has 2 aromatic rings. The fraction of sp³-hybridized carbons (Fsp3) is 0.167. The highest BCUT2D eigenvalue weighted by Crippen LogP contribution is 2.42. The molecule has 4 rings (SSSR count). The molecule has 0 saturated carbocycles. The first kappa shape index (κ1) is 8.53. The number of halogens is 1. The Bertz CT molecular complexity index is 638. The Kier molecular flexibility index (Phi) is 1.46. The zero-order chi connectivity index (χ0) is 10.7. The largest absolute Gasteiger partial charge is 0.468 e. The van der Waals surface area contributed by atoms with Crippen molar-refractivity contribution in [2.45, 2.75) is 12.0 Å². The molecule has 16 heavy (non-hydrogen) atoms. The molecule has 78 valence electrons. The van der Waals surface area contributed by atoms with Crippen molar-refractivity contribution in [3.8, 4) is 5.88 Å². The third kappa shape index (κ3) is 0.985. The van der Waals surface area contributed by atoms with Gasteiger partial charge < -0.3 is 4.74 Å². The van der Waals surface area contributed by atoms with Crippen molar-refractivity contribution >= 4 is 22.6 Å². The van der Waals surface area contributed by atoms with Gasteiger partial charge in [-0.3, -0.25) is 0 Å². The third-order valence-corrected chi connectivity index (χ3v) is 3.28. The van der Waals surface area contributed by atoms with Gasteiger partial charge in [0.2, 0.25) is 5.88 Å². The van der Waals surface area contributed by atoms with Gasteiger partial charge in [0.25, 0.3) is 0 Å². The second kappa shape index (κ2) is 2.74. The van der Waals surface area contributed by atoms with E-state index in [4.69, 9.17) is 16.3 Å². The van der Waals surface area contributed by atoms with Gasteiger partial charge in [0.05, 0.1) is 17.0 Å². The molecule has 2 atom stereocenters. The molecule has 0 bridgehead atoms. The SMILES string of the molecule is Clc1ccc2nc3c(nc2c1)OC1C=CC31. The molecule has 0 fully saturated rings. The molecule has 0 radical (unpaired) electrons. The minimum absolute atomic E-state index is 0.141. The first-order valence-electron chi connectivity index (χ1n) is 5.13. The Balaban J connectivity index is 2.00.